The SMILES string of the molecule is CCCNC(CCc1ccsc1)c1ccc(Cl)cc1F. The molecule has 0 amide bonds. The zero-order chi connectivity index (χ0) is 14.4. The van der Waals surface area contributed by atoms with E-state index in [2.05, 4.69) is 29.1 Å². The Hall–Kier alpha value is -0.900. The minimum Gasteiger partial charge on any atom is -0.310 e. The summed E-state index contributed by atoms with van der Waals surface area (Å²) in [5.41, 5.74) is 2.02. The number of halogens is 2. The van der Waals surface area contributed by atoms with Gasteiger partial charge in [-0.05, 0) is 60.3 Å². The molecule has 0 fully saturated rings. The summed E-state index contributed by atoms with van der Waals surface area (Å²) in [6, 6.07) is 7.10. The molecule has 0 spiro atoms. The van der Waals surface area contributed by atoms with Gasteiger partial charge in [0.2, 0.25) is 0 Å². The van der Waals surface area contributed by atoms with E-state index < -0.39 is 0 Å². The van der Waals surface area contributed by atoms with Crippen molar-refractivity contribution in [3.05, 3.63) is 57.0 Å². The molecule has 4 heteroatoms. The Labute approximate surface area is 128 Å². The van der Waals surface area contributed by atoms with Crippen LogP contribution in [0.2, 0.25) is 5.02 Å². The molecular formula is C16H19ClFNS. The largest absolute Gasteiger partial charge is 0.310 e. The lowest BCUT2D eigenvalue weighted by atomic mass is 9.99. The van der Waals surface area contributed by atoms with E-state index in [1.807, 2.05) is 0 Å². The van der Waals surface area contributed by atoms with E-state index in [-0.39, 0.29) is 11.9 Å². The van der Waals surface area contributed by atoms with E-state index in [1.165, 1.54) is 11.6 Å². The lowest BCUT2D eigenvalue weighted by Gasteiger charge is -2.19. The van der Waals surface area contributed by atoms with Crippen LogP contribution in [0.15, 0.2) is 35.0 Å². The molecule has 1 N–H and O–H groups in total. The van der Waals surface area contributed by atoms with Gasteiger partial charge in [-0.1, -0.05) is 24.6 Å². The summed E-state index contributed by atoms with van der Waals surface area (Å²) < 4.78 is 14.1. The molecule has 0 radical (unpaired) electrons. The van der Waals surface area contributed by atoms with E-state index in [0.717, 1.165) is 25.8 Å². The predicted octanol–water partition coefficient (Wildman–Crippen LogP) is 5.21. The van der Waals surface area contributed by atoms with Gasteiger partial charge in [0.05, 0.1) is 0 Å². The van der Waals surface area contributed by atoms with Crippen molar-refractivity contribution < 1.29 is 4.39 Å². The molecule has 108 valence electrons. The molecule has 0 aliphatic heterocycles. The van der Waals surface area contributed by atoms with E-state index in [4.69, 9.17) is 11.6 Å². The Kier molecular flexibility index (Phi) is 6.02. The van der Waals surface area contributed by atoms with Gasteiger partial charge in [-0.2, -0.15) is 11.3 Å². The van der Waals surface area contributed by atoms with E-state index in [0.29, 0.717) is 10.6 Å². The van der Waals surface area contributed by atoms with Crippen molar-refractivity contribution in [1.82, 2.24) is 5.32 Å². The maximum Gasteiger partial charge on any atom is 0.129 e. The van der Waals surface area contributed by atoms with Gasteiger partial charge in [-0.3, -0.25) is 0 Å². The second-order valence-corrected chi connectivity index (χ2v) is 6.06. The van der Waals surface area contributed by atoms with Crippen LogP contribution >= 0.6 is 22.9 Å². The molecular weight excluding hydrogens is 293 g/mol. The van der Waals surface area contributed by atoms with Gasteiger partial charge in [-0.25, -0.2) is 4.39 Å². The summed E-state index contributed by atoms with van der Waals surface area (Å²) in [5.74, 6) is -0.226. The highest BCUT2D eigenvalue weighted by atomic mass is 35.5. The third-order valence-corrected chi connectivity index (χ3v) is 4.25. The monoisotopic (exact) mass is 311 g/mol. The van der Waals surface area contributed by atoms with Crippen LogP contribution in [0.25, 0.3) is 0 Å². The Morgan fingerprint density at radius 3 is 2.85 bits per heavy atom. The minimum atomic E-state index is -0.226. The summed E-state index contributed by atoms with van der Waals surface area (Å²) in [6.45, 7) is 3.00. The lowest BCUT2D eigenvalue weighted by Crippen LogP contribution is -2.23. The minimum absolute atomic E-state index is 0.0344. The van der Waals surface area contributed by atoms with Crippen molar-refractivity contribution in [3.63, 3.8) is 0 Å². The van der Waals surface area contributed by atoms with Gasteiger partial charge in [0, 0.05) is 16.6 Å². The van der Waals surface area contributed by atoms with Crippen LogP contribution in [0.5, 0.6) is 0 Å². The highest BCUT2D eigenvalue weighted by molar-refractivity contribution is 7.07. The van der Waals surface area contributed by atoms with Gasteiger partial charge >= 0.3 is 0 Å². The Morgan fingerprint density at radius 1 is 1.35 bits per heavy atom. The van der Waals surface area contributed by atoms with Crippen LogP contribution in [0, 0.1) is 5.82 Å². The van der Waals surface area contributed by atoms with Crippen LogP contribution in [-0.2, 0) is 6.42 Å². The summed E-state index contributed by atoms with van der Waals surface area (Å²) in [7, 11) is 0. The normalized spacial score (nSPS) is 12.6. The Balaban J connectivity index is 2.09. The van der Waals surface area contributed by atoms with Crippen molar-refractivity contribution in [2.45, 2.75) is 32.2 Å². The van der Waals surface area contributed by atoms with Crippen LogP contribution < -0.4 is 5.32 Å². The molecule has 1 nitrogen and oxygen atoms in total. The number of benzene rings is 1. The summed E-state index contributed by atoms with van der Waals surface area (Å²) in [6.07, 6.45) is 2.87. The van der Waals surface area contributed by atoms with Gasteiger partial charge < -0.3 is 5.32 Å². The summed E-state index contributed by atoms with van der Waals surface area (Å²) in [5, 5.41) is 8.10. The zero-order valence-corrected chi connectivity index (χ0v) is 13.1. The average Bonchev–Trinajstić information content (AvgIpc) is 2.93. The first-order valence-corrected chi connectivity index (χ1v) is 8.22. The molecule has 0 aliphatic carbocycles. The van der Waals surface area contributed by atoms with Gasteiger partial charge in [0.1, 0.15) is 5.82 Å². The molecule has 0 aliphatic rings. The number of aryl methyl sites for hydroxylation is 1. The van der Waals surface area contributed by atoms with Crippen molar-refractivity contribution in [1.29, 1.82) is 0 Å². The molecule has 20 heavy (non-hydrogen) atoms. The van der Waals surface area contributed by atoms with Gasteiger partial charge in [0.25, 0.3) is 0 Å². The fraction of sp³-hybridized carbons (Fsp3) is 0.375. The van der Waals surface area contributed by atoms with Crippen LogP contribution in [0.3, 0.4) is 0 Å². The average molecular weight is 312 g/mol. The third-order valence-electron chi connectivity index (χ3n) is 3.28. The highest BCUT2D eigenvalue weighted by Gasteiger charge is 2.15. The molecule has 2 rings (SSSR count). The first-order valence-electron chi connectivity index (χ1n) is 6.90. The fourth-order valence-electron chi connectivity index (χ4n) is 2.22. The van der Waals surface area contributed by atoms with Crippen molar-refractivity contribution in [3.8, 4) is 0 Å². The standard InChI is InChI=1S/C16H19ClFNS/c1-2-8-19-16(6-3-12-7-9-20-11-12)14-5-4-13(17)10-15(14)18/h4-5,7,9-11,16,19H,2-3,6,8H2,1H3. The maximum atomic E-state index is 14.1. The quantitative estimate of drug-likeness (QED) is 0.739. The maximum absolute atomic E-state index is 14.1. The van der Waals surface area contributed by atoms with Crippen LogP contribution in [-0.4, -0.2) is 6.54 Å². The number of nitrogens with one attached hydrogen (secondary N) is 1. The molecule has 0 bridgehead atoms. The Morgan fingerprint density at radius 2 is 2.20 bits per heavy atom. The van der Waals surface area contributed by atoms with Crippen LogP contribution in [0.1, 0.15) is 36.9 Å². The second-order valence-electron chi connectivity index (χ2n) is 4.84. The van der Waals surface area contributed by atoms with E-state index in [9.17, 15) is 4.39 Å². The first kappa shape index (κ1) is 15.5. The van der Waals surface area contributed by atoms with Crippen molar-refractivity contribution in [2.75, 3.05) is 6.54 Å². The predicted molar refractivity (Wildman–Crippen MR) is 85.1 cm³/mol. The lowest BCUT2D eigenvalue weighted by molar-refractivity contribution is 0.474. The third kappa shape index (κ3) is 4.30. The molecule has 1 aromatic carbocycles. The van der Waals surface area contributed by atoms with Gasteiger partial charge in [0.15, 0.2) is 0 Å². The molecule has 1 heterocycles. The topological polar surface area (TPSA) is 12.0 Å². The fourth-order valence-corrected chi connectivity index (χ4v) is 3.08. The van der Waals surface area contributed by atoms with Crippen LogP contribution in [0.4, 0.5) is 4.39 Å². The van der Waals surface area contributed by atoms with Gasteiger partial charge in [-0.15, -0.1) is 0 Å². The highest BCUT2D eigenvalue weighted by Crippen LogP contribution is 2.25. The van der Waals surface area contributed by atoms with E-state index >= 15 is 0 Å². The Bertz CT molecular complexity index is 527. The number of hydrogen-bond donors (Lipinski definition) is 1. The summed E-state index contributed by atoms with van der Waals surface area (Å²) >= 11 is 7.52. The first-order chi connectivity index (χ1) is 9.70. The van der Waals surface area contributed by atoms with Crippen molar-refractivity contribution >= 4 is 22.9 Å². The van der Waals surface area contributed by atoms with E-state index in [1.54, 1.807) is 23.5 Å². The second kappa shape index (κ2) is 7.77. The number of hydrogen-bond acceptors (Lipinski definition) is 2. The molecule has 2 aromatic rings. The zero-order valence-electron chi connectivity index (χ0n) is 11.5. The molecule has 0 saturated heterocycles. The smallest absolute Gasteiger partial charge is 0.129 e. The number of thiophene rings is 1. The van der Waals surface area contributed by atoms with Crippen molar-refractivity contribution in [2.24, 2.45) is 0 Å². The summed E-state index contributed by atoms with van der Waals surface area (Å²) in [4.78, 5) is 0. The molecule has 0 saturated carbocycles. The molecule has 1 unspecified atom stereocenters. The molecule has 1 atom stereocenters. The number of rotatable bonds is 7. The molecule has 1 aromatic heterocycles.